The summed E-state index contributed by atoms with van der Waals surface area (Å²) < 4.78 is 16.2. The van der Waals surface area contributed by atoms with Gasteiger partial charge in [-0.25, -0.2) is 9.59 Å². The summed E-state index contributed by atoms with van der Waals surface area (Å²) in [5.74, 6) is -0.0750. The monoisotopic (exact) mass is 434 g/mol. The van der Waals surface area contributed by atoms with Crippen molar-refractivity contribution in [2.75, 3.05) is 13.2 Å². The molecule has 0 N–H and O–H groups in total. The lowest BCUT2D eigenvalue weighted by atomic mass is 9.87. The van der Waals surface area contributed by atoms with E-state index in [2.05, 4.69) is 36.7 Å². The Kier molecular flexibility index (Phi) is 7.02. The summed E-state index contributed by atoms with van der Waals surface area (Å²) in [6.45, 7) is 8.20. The van der Waals surface area contributed by atoms with Crippen LogP contribution in [-0.2, 0) is 14.9 Å². The van der Waals surface area contributed by atoms with E-state index in [1.165, 1.54) is 17.7 Å². The second-order valence-electron chi connectivity index (χ2n) is 6.90. The van der Waals surface area contributed by atoms with Crippen LogP contribution in [-0.4, -0.2) is 25.2 Å². The third-order valence-corrected chi connectivity index (χ3v) is 4.36. The Labute approximate surface area is 167 Å². The molecule has 0 bridgehead atoms. The second-order valence-corrected chi connectivity index (χ2v) is 7.76. The van der Waals surface area contributed by atoms with Crippen LogP contribution in [0.1, 0.15) is 43.6 Å². The fourth-order valence-corrected chi connectivity index (χ4v) is 2.73. The Morgan fingerprint density at radius 1 is 1.04 bits per heavy atom. The molecule has 0 aliphatic rings. The van der Waals surface area contributed by atoms with Crippen LogP contribution in [0.4, 0.5) is 0 Å². The summed E-state index contributed by atoms with van der Waals surface area (Å²) in [6, 6.07) is 12.2. The first-order valence-electron chi connectivity index (χ1n) is 8.61. The molecule has 0 atom stereocenters. The zero-order chi connectivity index (χ0) is 20.0. The summed E-state index contributed by atoms with van der Waals surface area (Å²) in [6.07, 6.45) is 0. The zero-order valence-corrected chi connectivity index (χ0v) is 17.5. The fourth-order valence-electron chi connectivity index (χ4n) is 2.27. The van der Waals surface area contributed by atoms with E-state index in [1.54, 1.807) is 13.0 Å². The highest BCUT2D eigenvalue weighted by atomic mass is 79.9. The Morgan fingerprint density at radius 2 is 1.70 bits per heavy atom. The van der Waals surface area contributed by atoms with E-state index in [0.29, 0.717) is 28.1 Å². The molecular weight excluding hydrogens is 412 g/mol. The number of carbonyl (C=O) groups excluding carboxylic acids is 2. The third kappa shape index (κ3) is 6.10. The normalized spacial score (nSPS) is 11.0. The van der Waals surface area contributed by atoms with Crippen molar-refractivity contribution < 1.29 is 23.8 Å². The number of rotatable bonds is 6. The molecule has 0 aliphatic carbocycles. The van der Waals surface area contributed by atoms with Gasteiger partial charge in [-0.1, -0.05) is 32.9 Å². The average Bonchev–Trinajstić information content (AvgIpc) is 2.61. The van der Waals surface area contributed by atoms with Crippen molar-refractivity contribution in [2.24, 2.45) is 0 Å². The number of esters is 2. The lowest BCUT2D eigenvalue weighted by Gasteiger charge is -2.19. The van der Waals surface area contributed by atoms with Gasteiger partial charge in [-0.05, 0) is 64.2 Å². The Bertz CT molecular complexity index is 806. The topological polar surface area (TPSA) is 61.8 Å². The zero-order valence-electron chi connectivity index (χ0n) is 15.9. The molecule has 0 radical (unpaired) electrons. The van der Waals surface area contributed by atoms with E-state index in [0.717, 1.165) is 0 Å². The molecule has 0 unspecified atom stereocenters. The van der Waals surface area contributed by atoms with Gasteiger partial charge in [-0.2, -0.15) is 0 Å². The number of benzene rings is 2. The van der Waals surface area contributed by atoms with Crippen molar-refractivity contribution >= 4 is 27.9 Å². The van der Waals surface area contributed by atoms with E-state index in [-0.39, 0.29) is 12.0 Å². The molecule has 0 saturated heterocycles. The lowest BCUT2D eigenvalue weighted by molar-refractivity contribution is -0.136. The summed E-state index contributed by atoms with van der Waals surface area (Å²) in [5, 5.41) is 0. The van der Waals surface area contributed by atoms with Gasteiger partial charge in [0.05, 0.1) is 16.6 Å². The molecule has 27 heavy (non-hydrogen) atoms. The second kappa shape index (κ2) is 9.04. The Balaban J connectivity index is 1.93. The van der Waals surface area contributed by atoms with E-state index in [1.807, 2.05) is 24.3 Å². The molecule has 5 nitrogen and oxygen atoms in total. The number of carbonyl (C=O) groups is 2. The van der Waals surface area contributed by atoms with Crippen molar-refractivity contribution in [1.29, 1.82) is 0 Å². The Morgan fingerprint density at radius 3 is 2.26 bits per heavy atom. The van der Waals surface area contributed by atoms with Gasteiger partial charge in [0, 0.05) is 0 Å². The van der Waals surface area contributed by atoms with Gasteiger partial charge in [0.1, 0.15) is 11.5 Å². The highest BCUT2D eigenvalue weighted by Crippen LogP contribution is 2.27. The summed E-state index contributed by atoms with van der Waals surface area (Å²) in [7, 11) is 0. The minimum absolute atomic E-state index is 0.0550. The number of ether oxygens (including phenoxy) is 3. The number of hydrogen-bond acceptors (Lipinski definition) is 5. The van der Waals surface area contributed by atoms with Crippen LogP contribution in [0, 0.1) is 0 Å². The van der Waals surface area contributed by atoms with Crippen molar-refractivity contribution in [3.05, 3.63) is 58.1 Å². The van der Waals surface area contributed by atoms with Crippen LogP contribution in [0.15, 0.2) is 46.9 Å². The number of hydrogen-bond donors (Lipinski definition) is 0. The van der Waals surface area contributed by atoms with Crippen LogP contribution in [0.3, 0.4) is 0 Å². The molecule has 0 aromatic heterocycles. The van der Waals surface area contributed by atoms with Crippen molar-refractivity contribution in [3.8, 4) is 11.5 Å². The van der Waals surface area contributed by atoms with Crippen LogP contribution in [0.5, 0.6) is 11.5 Å². The molecule has 0 fully saturated rings. The molecule has 6 heteroatoms. The quantitative estimate of drug-likeness (QED) is 0.477. The molecule has 0 heterocycles. The first-order chi connectivity index (χ1) is 12.7. The van der Waals surface area contributed by atoms with E-state index in [9.17, 15) is 9.59 Å². The average molecular weight is 435 g/mol. The lowest BCUT2D eigenvalue weighted by Crippen LogP contribution is -2.18. The standard InChI is InChI=1S/C21H23BrO5/c1-5-25-20(24)14-6-11-18(17(22)12-14)27-19(23)13-26-16-9-7-15(8-10-16)21(2,3)4/h6-12H,5,13H2,1-4H3. The maximum atomic E-state index is 12.0. The van der Waals surface area contributed by atoms with Gasteiger partial charge < -0.3 is 14.2 Å². The molecule has 0 spiro atoms. The molecule has 0 amide bonds. The molecule has 2 rings (SSSR count). The molecule has 2 aromatic carbocycles. The minimum atomic E-state index is -0.542. The largest absolute Gasteiger partial charge is 0.482 e. The van der Waals surface area contributed by atoms with Crippen LogP contribution < -0.4 is 9.47 Å². The van der Waals surface area contributed by atoms with Gasteiger partial charge in [0.2, 0.25) is 0 Å². The highest BCUT2D eigenvalue weighted by Gasteiger charge is 2.15. The molecule has 2 aromatic rings. The SMILES string of the molecule is CCOC(=O)c1ccc(OC(=O)COc2ccc(C(C)(C)C)cc2)c(Br)c1. The van der Waals surface area contributed by atoms with Gasteiger partial charge in [-0.15, -0.1) is 0 Å². The smallest absolute Gasteiger partial charge is 0.349 e. The fraction of sp³-hybridized carbons (Fsp3) is 0.333. The third-order valence-electron chi connectivity index (χ3n) is 3.74. The van der Waals surface area contributed by atoms with Gasteiger partial charge in [-0.3, -0.25) is 0 Å². The van der Waals surface area contributed by atoms with Gasteiger partial charge in [0.15, 0.2) is 6.61 Å². The Hall–Kier alpha value is -2.34. The molecule has 144 valence electrons. The highest BCUT2D eigenvalue weighted by molar-refractivity contribution is 9.10. The number of halogens is 1. The predicted molar refractivity (Wildman–Crippen MR) is 106 cm³/mol. The van der Waals surface area contributed by atoms with E-state index >= 15 is 0 Å². The van der Waals surface area contributed by atoms with Crippen molar-refractivity contribution in [2.45, 2.75) is 33.1 Å². The van der Waals surface area contributed by atoms with Crippen LogP contribution >= 0.6 is 15.9 Å². The van der Waals surface area contributed by atoms with Crippen LogP contribution in [0.2, 0.25) is 0 Å². The van der Waals surface area contributed by atoms with Crippen LogP contribution in [0.25, 0.3) is 0 Å². The maximum Gasteiger partial charge on any atom is 0.349 e. The first kappa shape index (κ1) is 21.0. The van der Waals surface area contributed by atoms with Crippen molar-refractivity contribution in [1.82, 2.24) is 0 Å². The predicted octanol–water partition coefficient (Wildman–Crippen LogP) is 4.91. The van der Waals surface area contributed by atoms with E-state index in [4.69, 9.17) is 14.2 Å². The van der Waals surface area contributed by atoms with E-state index < -0.39 is 11.9 Å². The molecule has 0 aliphatic heterocycles. The van der Waals surface area contributed by atoms with Crippen molar-refractivity contribution in [3.63, 3.8) is 0 Å². The molecule has 0 saturated carbocycles. The van der Waals surface area contributed by atoms with Gasteiger partial charge >= 0.3 is 11.9 Å². The molecular formula is C21H23BrO5. The summed E-state index contributed by atoms with van der Waals surface area (Å²) in [4.78, 5) is 23.7. The summed E-state index contributed by atoms with van der Waals surface area (Å²) in [5.41, 5.74) is 1.61. The maximum absolute atomic E-state index is 12.0. The summed E-state index contributed by atoms with van der Waals surface area (Å²) >= 11 is 3.29. The van der Waals surface area contributed by atoms with Gasteiger partial charge in [0.25, 0.3) is 0 Å². The minimum Gasteiger partial charge on any atom is -0.482 e. The first-order valence-corrected chi connectivity index (χ1v) is 9.40.